The molecule has 200 valence electrons. The van der Waals surface area contributed by atoms with E-state index in [1.54, 1.807) is 12.0 Å². The second-order valence-electron chi connectivity index (χ2n) is 8.60. The molecule has 0 aromatic heterocycles. The molecule has 3 amide bonds. The quantitative estimate of drug-likeness (QED) is 0.432. The van der Waals surface area contributed by atoms with Gasteiger partial charge in [0.05, 0.1) is 38.2 Å². The van der Waals surface area contributed by atoms with Crippen molar-refractivity contribution in [3.63, 3.8) is 0 Å². The van der Waals surface area contributed by atoms with E-state index in [1.807, 2.05) is 59.5 Å². The maximum absolute atomic E-state index is 12.7. The molecule has 0 saturated carbocycles. The lowest BCUT2D eigenvalue weighted by molar-refractivity contribution is -0.135. The minimum absolute atomic E-state index is 0.105. The molecular formula is C26H33ClN4O6. The average molecular weight is 533 g/mol. The van der Waals surface area contributed by atoms with E-state index in [4.69, 9.17) is 25.6 Å². The van der Waals surface area contributed by atoms with Crippen LogP contribution in [0.2, 0.25) is 0 Å². The number of nitrogens with zero attached hydrogens (tertiary/aromatic N) is 2. The van der Waals surface area contributed by atoms with Gasteiger partial charge in [-0.15, -0.1) is 0 Å². The molecule has 2 aromatic rings. The smallest absolute Gasteiger partial charge is 0.407 e. The minimum atomic E-state index is -0.574. The first-order chi connectivity index (χ1) is 18.0. The number of alkyl carbamates (subject to hydrolysis) is 1. The van der Waals surface area contributed by atoms with Crippen LogP contribution in [0.1, 0.15) is 17.5 Å². The Balaban J connectivity index is 1.38. The third-order valence-electron chi connectivity index (χ3n) is 6.03. The van der Waals surface area contributed by atoms with Crippen molar-refractivity contribution in [2.75, 3.05) is 46.4 Å². The summed E-state index contributed by atoms with van der Waals surface area (Å²) in [5.74, 6) is 0.519. The van der Waals surface area contributed by atoms with E-state index in [1.165, 1.54) is 0 Å². The molecule has 37 heavy (non-hydrogen) atoms. The molecule has 0 spiro atoms. The van der Waals surface area contributed by atoms with Crippen LogP contribution < -0.4 is 15.4 Å². The monoisotopic (exact) mass is 532 g/mol. The second-order valence-corrected chi connectivity index (χ2v) is 8.82. The molecule has 1 unspecified atom stereocenters. The lowest BCUT2D eigenvalue weighted by Gasteiger charge is -2.40. The van der Waals surface area contributed by atoms with E-state index < -0.39 is 6.09 Å². The maximum Gasteiger partial charge on any atom is 0.407 e. The number of halogens is 1. The molecule has 10 nitrogen and oxygen atoms in total. The van der Waals surface area contributed by atoms with Crippen LogP contribution in [-0.4, -0.2) is 80.2 Å². The van der Waals surface area contributed by atoms with Crippen LogP contribution in [0.25, 0.3) is 0 Å². The topological polar surface area (TPSA) is 109 Å². The first-order valence-electron chi connectivity index (χ1n) is 12.1. The summed E-state index contributed by atoms with van der Waals surface area (Å²) in [5.41, 5.74) is 1.84. The van der Waals surface area contributed by atoms with Crippen LogP contribution in [0.3, 0.4) is 0 Å². The van der Waals surface area contributed by atoms with E-state index in [-0.39, 0.29) is 50.6 Å². The number of piperazine rings is 1. The summed E-state index contributed by atoms with van der Waals surface area (Å²) < 4.78 is 15.1. The average Bonchev–Trinajstić information content (AvgIpc) is 2.92. The van der Waals surface area contributed by atoms with E-state index in [0.717, 1.165) is 16.9 Å². The first-order valence-corrected chi connectivity index (χ1v) is 12.4. The molecule has 1 atom stereocenters. The van der Waals surface area contributed by atoms with E-state index in [2.05, 4.69) is 10.6 Å². The molecular weight excluding hydrogens is 500 g/mol. The van der Waals surface area contributed by atoms with Gasteiger partial charge in [-0.3, -0.25) is 18.8 Å². The molecule has 1 saturated heterocycles. The van der Waals surface area contributed by atoms with Crippen molar-refractivity contribution in [3.8, 4) is 5.75 Å². The van der Waals surface area contributed by atoms with Crippen LogP contribution in [0.4, 0.5) is 4.79 Å². The van der Waals surface area contributed by atoms with Crippen LogP contribution in [0.15, 0.2) is 54.6 Å². The van der Waals surface area contributed by atoms with Crippen molar-refractivity contribution in [1.82, 2.24) is 20.4 Å². The van der Waals surface area contributed by atoms with Crippen LogP contribution in [0, 0.1) is 0 Å². The van der Waals surface area contributed by atoms with Gasteiger partial charge in [-0.1, -0.05) is 42.5 Å². The highest BCUT2D eigenvalue weighted by molar-refractivity contribution is 6.07. The van der Waals surface area contributed by atoms with Gasteiger partial charge in [-0.25, -0.2) is 4.79 Å². The molecule has 3 rings (SSSR count). The number of methoxy groups -OCH3 is 1. The first kappa shape index (κ1) is 28.2. The number of carbonyl (C=O) groups is 3. The van der Waals surface area contributed by atoms with Gasteiger partial charge in [0.2, 0.25) is 11.8 Å². The summed E-state index contributed by atoms with van der Waals surface area (Å²) >= 11 is 5.52. The highest BCUT2D eigenvalue weighted by Gasteiger charge is 2.30. The highest BCUT2D eigenvalue weighted by Crippen LogP contribution is 2.13. The number of amides is 3. The van der Waals surface area contributed by atoms with Crippen molar-refractivity contribution in [1.29, 1.82) is 0 Å². The molecule has 2 aromatic carbocycles. The highest BCUT2D eigenvalue weighted by atomic mass is 35.5. The van der Waals surface area contributed by atoms with Gasteiger partial charge in [0.1, 0.15) is 12.4 Å². The number of nitrogens with one attached hydrogen (secondary N) is 2. The van der Waals surface area contributed by atoms with Crippen molar-refractivity contribution < 1.29 is 28.1 Å². The van der Waals surface area contributed by atoms with Crippen molar-refractivity contribution in [3.05, 3.63) is 65.7 Å². The van der Waals surface area contributed by atoms with Gasteiger partial charge < -0.3 is 25.0 Å². The van der Waals surface area contributed by atoms with Crippen LogP contribution in [-0.2, 0) is 31.8 Å². The Labute approximate surface area is 222 Å². The van der Waals surface area contributed by atoms with Crippen LogP contribution >= 0.6 is 11.9 Å². The summed E-state index contributed by atoms with van der Waals surface area (Å²) in [5, 5.41) is 5.51. The third-order valence-corrected chi connectivity index (χ3v) is 6.16. The van der Waals surface area contributed by atoms with Crippen molar-refractivity contribution in [2.45, 2.75) is 25.6 Å². The van der Waals surface area contributed by atoms with Gasteiger partial charge in [-0.2, -0.15) is 0 Å². The molecule has 11 heteroatoms. The summed E-state index contributed by atoms with van der Waals surface area (Å²) in [6.07, 6.45) is -0.437. The number of rotatable bonds is 12. The fraction of sp³-hybridized carbons (Fsp3) is 0.423. The Morgan fingerprint density at radius 1 is 1.00 bits per heavy atom. The predicted octanol–water partition coefficient (Wildman–Crippen LogP) is 2.31. The standard InChI is InChI=1S/C26H33ClN4O6/c1-35-23-9-7-20(8-10-23)15-29-24(32)17-30-13-14-31(16-22(30)19-37-27)25(33)11-12-28-26(34)36-18-21-5-3-2-4-6-21/h2-10,22H,11-19H2,1H3,(H,28,34)(H,29,32). The van der Waals surface area contributed by atoms with Crippen molar-refractivity contribution in [2.24, 2.45) is 0 Å². The Bertz CT molecular complexity index is 1010. The van der Waals surface area contributed by atoms with Gasteiger partial charge >= 0.3 is 6.09 Å². The minimum Gasteiger partial charge on any atom is -0.497 e. The molecule has 1 aliphatic heterocycles. The summed E-state index contributed by atoms with van der Waals surface area (Å²) in [4.78, 5) is 40.8. The zero-order valence-corrected chi connectivity index (χ0v) is 21.6. The Kier molecular flexibility index (Phi) is 11.5. The summed E-state index contributed by atoms with van der Waals surface area (Å²) in [7, 11) is 1.60. The number of hydrogen-bond acceptors (Lipinski definition) is 7. The Hall–Kier alpha value is -3.34. The van der Waals surface area contributed by atoms with Gasteiger partial charge in [0.15, 0.2) is 0 Å². The zero-order chi connectivity index (χ0) is 26.5. The Morgan fingerprint density at radius 2 is 1.76 bits per heavy atom. The number of benzene rings is 2. The van der Waals surface area contributed by atoms with E-state index in [0.29, 0.717) is 26.2 Å². The Morgan fingerprint density at radius 3 is 2.46 bits per heavy atom. The van der Waals surface area contributed by atoms with E-state index >= 15 is 0 Å². The molecule has 0 aliphatic carbocycles. The summed E-state index contributed by atoms with van der Waals surface area (Å²) in [6, 6.07) is 16.6. The van der Waals surface area contributed by atoms with Gasteiger partial charge in [0, 0.05) is 39.1 Å². The van der Waals surface area contributed by atoms with Gasteiger partial charge in [0.25, 0.3) is 0 Å². The second kappa shape index (κ2) is 15.0. The molecule has 2 N–H and O–H groups in total. The molecule has 1 fully saturated rings. The molecule has 1 aliphatic rings. The molecule has 0 bridgehead atoms. The third kappa shape index (κ3) is 9.56. The largest absolute Gasteiger partial charge is 0.497 e. The summed E-state index contributed by atoms with van der Waals surface area (Å²) in [6.45, 7) is 2.39. The number of carbonyl (C=O) groups excluding carboxylic acids is 3. The SMILES string of the molecule is COc1ccc(CNC(=O)CN2CCN(C(=O)CCNC(=O)OCc3ccccc3)CC2COCl)cc1. The molecule has 0 radical (unpaired) electrons. The van der Waals surface area contributed by atoms with E-state index in [9.17, 15) is 14.4 Å². The zero-order valence-electron chi connectivity index (χ0n) is 20.9. The molecule has 1 heterocycles. The number of hydrogen-bond donors (Lipinski definition) is 2. The van der Waals surface area contributed by atoms with Crippen LogP contribution in [0.5, 0.6) is 5.75 Å². The number of ether oxygens (including phenoxy) is 2. The fourth-order valence-electron chi connectivity index (χ4n) is 3.95. The normalized spacial score (nSPS) is 15.6. The lowest BCUT2D eigenvalue weighted by atomic mass is 10.1. The van der Waals surface area contributed by atoms with Gasteiger partial charge in [-0.05, 0) is 23.3 Å². The van der Waals surface area contributed by atoms with Crippen molar-refractivity contribution >= 4 is 29.8 Å². The predicted molar refractivity (Wildman–Crippen MR) is 138 cm³/mol. The maximum atomic E-state index is 12.7. The lowest BCUT2D eigenvalue weighted by Crippen LogP contribution is -2.58. The fourth-order valence-corrected chi connectivity index (χ4v) is 4.09.